The first kappa shape index (κ1) is 47.4. The Morgan fingerprint density at radius 3 is 1.48 bits per heavy atom. The fraction of sp³-hybridized carbons (Fsp3) is 0.240. The maximum absolute atomic E-state index is 12.6. The quantitative estimate of drug-likeness (QED) is 0.0668. The van der Waals surface area contributed by atoms with Gasteiger partial charge in [-0.15, -0.1) is 11.3 Å². The maximum atomic E-state index is 12.6. The summed E-state index contributed by atoms with van der Waals surface area (Å²) in [4.78, 5) is 74.0. The summed E-state index contributed by atoms with van der Waals surface area (Å²) in [6.07, 6.45) is 15.5. The van der Waals surface area contributed by atoms with Gasteiger partial charge in [0, 0.05) is 52.1 Å². The fourth-order valence-electron chi connectivity index (χ4n) is 8.99. The summed E-state index contributed by atoms with van der Waals surface area (Å²) in [5, 5.41) is 25.1. The number of nitrogens with one attached hydrogen (secondary N) is 4. The summed E-state index contributed by atoms with van der Waals surface area (Å²) >= 11 is 1.36. The fourth-order valence-corrected chi connectivity index (χ4v) is 9.52. The highest BCUT2D eigenvalue weighted by atomic mass is 32.1. The average molecular weight is 971 g/mol. The summed E-state index contributed by atoms with van der Waals surface area (Å²) in [7, 11) is 0. The normalized spacial score (nSPS) is 17.6. The Labute approximate surface area is 411 Å². The van der Waals surface area contributed by atoms with Crippen LogP contribution in [0.15, 0.2) is 122 Å². The van der Waals surface area contributed by atoms with Gasteiger partial charge in [-0.3, -0.25) is 24.5 Å². The molecule has 0 saturated heterocycles. The largest absolute Gasteiger partial charge is 0.383 e. The Morgan fingerprint density at radius 2 is 1.06 bits per heavy atom. The molecule has 360 valence electrons. The van der Waals surface area contributed by atoms with Gasteiger partial charge in [-0.05, 0) is 99.9 Å². The molecule has 8 aromatic rings. The maximum Gasteiger partial charge on any atom is 0.257 e. The van der Waals surface area contributed by atoms with Crippen molar-refractivity contribution in [2.75, 3.05) is 22.1 Å². The van der Waals surface area contributed by atoms with Gasteiger partial charge in [0.1, 0.15) is 41.5 Å². The van der Waals surface area contributed by atoms with Gasteiger partial charge < -0.3 is 27.4 Å². The molecule has 71 heavy (non-hydrogen) atoms. The molecular weight excluding hydrogens is 921 g/mol. The van der Waals surface area contributed by atoms with Crippen LogP contribution in [0.5, 0.6) is 0 Å². The molecule has 2 aliphatic rings. The van der Waals surface area contributed by atoms with Crippen molar-refractivity contribution in [1.82, 2.24) is 60.1 Å². The number of nitrogens with two attached hydrogens (primary N) is 2. The van der Waals surface area contributed by atoms with Gasteiger partial charge in [0.2, 0.25) is 11.8 Å². The number of amides is 4. The number of carbonyl (C=O) groups is 4. The first-order chi connectivity index (χ1) is 34.6. The summed E-state index contributed by atoms with van der Waals surface area (Å²) in [5.41, 5.74) is 17.8. The second-order valence-corrected chi connectivity index (χ2v) is 17.9. The molecule has 21 heteroatoms. The van der Waals surface area contributed by atoms with Crippen molar-refractivity contribution in [1.29, 1.82) is 0 Å². The molecule has 0 atom stereocenters. The Balaban J connectivity index is 0.000000176. The number of anilines is 4. The lowest BCUT2D eigenvalue weighted by Crippen LogP contribution is -2.37. The van der Waals surface area contributed by atoms with Crippen LogP contribution in [-0.2, 0) is 9.59 Å². The number of nitrogen functional groups attached to an aromatic ring is 2. The van der Waals surface area contributed by atoms with E-state index in [0.29, 0.717) is 67.2 Å². The summed E-state index contributed by atoms with van der Waals surface area (Å²) in [6.45, 7) is 7.04. The Morgan fingerprint density at radius 1 is 0.577 bits per heavy atom. The minimum Gasteiger partial charge on any atom is -0.383 e. The number of hydrogen-bond acceptors (Lipinski definition) is 15. The number of hydrogen-bond donors (Lipinski definition) is 6. The van der Waals surface area contributed by atoms with Crippen LogP contribution in [0.1, 0.15) is 84.2 Å². The number of pyridine rings is 1. The standard InChI is InChI=1S/C26H26N8O2.C24H24N8O2S/c1-2-21(35)31-18-10-12-19(13-11-18)34-25-22(24(27)29-15-30-25)23(33-34)16-6-8-17(9-7-16)26(36)32-20-5-3-4-14-28-20;1-2-18(33)29-16-7-9-17(10-8-16)32-22-19(21(25)27-13-28-22)20(31-32)14-3-5-15(6-4-14)23(34)30-24-26-11-12-35-24/h2-9,14-15,18-19H,1,10-13H2,(H,31,35)(H2,27,29,30)(H,28,32,36);2-6,11-13,16-17H,1,7-10H2,(H,29,33)(H2,25,27,28)(H,26,30,34). The van der Waals surface area contributed by atoms with E-state index >= 15 is 0 Å². The second kappa shape index (κ2) is 21.3. The van der Waals surface area contributed by atoms with Crippen molar-refractivity contribution in [3.8, 4) is 22.5 Å². The average Bonchev–Trinajstić information content (AvgIpc) is 4.17. The van der Waals surface area contributed by atoms with Crippen LogP contribution >= 0.6 is 11.3 Å². The van der Waals surface area contributed by atoms with Crippen molar-refractivity contribution in [2.24, 2.45) is 0 Å². The molecule has 20 nitrogen and oxygen atoms in total. The van der Waals surface area contributed by atoms with Crippen LogP contribution in [0.4, 0.5) is 22.6 Å². The van der Waals surface area contributed by atoms with Crippen molar-refractivity contribution in [2.45, 2.75) is 75.5 Å². The molecule has 0 unspecified atom stereocenters. The van der Waals surface area contributed by atoms with Gasteiger partial charge in [0.25, 0.3) is 11.8 Å². The van der Waals surface area contributed by atoms with E-state index in [-0.39, 0.29) is 47.8 Å². The Bertz CT molecular complexity index is 3210. The van der Waals surface area contributed by atoms with E-state index in [2.05, 4.69) is 64.3 Å². The van der Waals surface area contributed by atoms with Crippen molar-refractivity contribution < 1.29 is 19.2 Å². The van der Waals surface area contributed by atoms with Crippen LogP contribution in [0.2, 0.25) is 0 Å². The zero-order chi connectivity index (χ0) is 49.4. The molecule has 0 spiro atoms. The van der Waals surface area contributed by atoms with E-state index in [9.17, 15) is 19.2 Å². The highest BCUT2D eigenvalue weighted by molar-refractivity contribution is 7.13. The highest BCUT2D eigenvalue weighted by Crippen LogP contribution is 2.38. The Hall–Kier alpha value is -8.72. The van der Waals surface area contributed by atoms with Crippen LogP contribution in [0.25, 0.3) is 44.6 Å². The monoisotopic (exact) mass is 970 g/mol. The van der Waals surface area contributed by atoms with Crippen LogP contribution in [-0.4, -0.2) is 85.2 Å². The molecule has 2 fully saturated rings. The number of fused-ring (bicyclic) bond motifs is 2. The van der Waals surface area contributed by atoms with Gasteiger partial charge in [0.05, 0.1) is 22.9 Å². The molecule has 6 heterocycles. The number of nitrogens with zero attached hydrogens (tertiary/aromatic N) is 10. The molecule has 2 aromatic carbocycles. The van der Waals surface area contributed by atoms with E-state index in [1.165, 1.54) is 36.1 Å². The summed E-state index contributed by atoms with van der Waals surface area (Å²) in [5.74, 6) is 0.412. The third kappa shape index (κ3) is 10.6. The molecule has 0 bridgehead atoms. The molecule has 10 rings (SSSR count). The molecule has 6 aromatic heterocycles. The number of rotatable bonds is 12. The first-order valence-electron chi connectivity index (χ1n) is 23.0. The predicted octanol–water partition coefficient (Wildman–Crippen LogP) is 7.08. The molecule has 2 aliphatic carbocycles. The number of carbonyl (C=O) groups excluding carboxylic acids is 4. The van der Waals surface area contributed by atoms with E-state index < -0.39 is 0 Å². The van der Waals surface area contributed by atoms with Gasteiger partial charge >= 0.3 is 0 Å². The zero-order valence-corrected chi connectivity index (χ0v) is 39.3. The van der Waals surface area contributed by atoms with E-state index in [1.807, 2.05) is 39.7 Å². The van der Waals surface area contributed by atoms with Crippen molar-refractivity contribution in [3.05, 3.63) is 134 Å². The van der Waals surface area contributed by atoms with Gasteiger partial charge in [-0.1, -0.05) is 43.5 Å². The lowest BCUT2D eigenvalue weighted by Gasteiger charge is -2.29. The lowest BCUT2D eigenvalue weighted by atomic mass is 9.91. The second-order valence-electron chi connectivity index (χ2n) is 17.1. The van der Waals surface area contributed by atoms with Crippen LogP contribution < -0.4 is 32.7 Å². The van der Waals surface area contributed by atoms with E-state index in [4.69, 9.17) is 21.7 Å². The van der Waals surface area contributed by atoms with Gasteiger partial charge in [-0.2, -0.15) is 10.2 Å². The minimum absolute atomic E-state index is 0.121. The van der Waals surface area contributed by atoms with E-state index in [1.54, 1.807) is 54.2 Å². The lowest BCUT2D eigenvalue weighted by molar-refractivity contribution is -0.118. The Kier molecular flexibility index (Phi) is 14.2. The zero-order valence-electron chi connectivity index (χ0n) is 38.4. The number of thiazole rings is 1. The van der Waals surface area contributed by atoms with Crippen LogP contribution in [0.3, 0.4) is 0 Å². The van der Waals surface area contributed by atoms with Gasteiger partial charge in [0.15, 0.2) is 16.4 Å². The SMILES string of the molecule is C=CC(=O)NC1CCC(n2nc(-c3ccc(C(=O)Nc4ccccn4)cc3)c3c(N)ncnc32)CC1.C=CC(=O)NC1CCC(n2nc(-c3ccc(C(=O)Nc4nccs4)cc3)c3c(N)ncnc32)CC1. The third-order valence-electron chi connectivity index (χ3n) is 12.6. The van der Waals surface area contributed by atoms with Crippen molar-refractivity contribution in [3.63, 3.8) is 0 Å². The molecular formula is C50H50N16O4S. The minimum atomic E-state index is -0.251. The molecule has 8 N–H and O–H groups in total. The predicted molar refractivity (Wildman–Crippen MR) is 272 cm³/mol. The smallest absolute Gasteiger partial charge is 0.257 e. The number of benzene rings is 2. The molecule has 4 amide bonds. The van der Waals surface area contributed by atoms with Crippen LogP contribution in [0, 0.1) is 0 Å². The molecule has 0 radical (unpaired) electrons. The third-order valence-corrected chi connectivity index (χ3v) is 13.3. The summed E-state index contributed by atoms with van der Waals surface area (Å²) < 4.78 is 3.85. The topological polar surface area (TPSA) is 281 Å². The molecule has 0 aliphatic heterocycles. The summed E-state index contributed by atoms with van der Waals surface area (Å²) in [6, 6.07) is 20.2. The highest BCUT2D eigenvalue weighted by Gasteiger charge is 2.29. The van der Waals surface area contributed by atoms with Crippen molar-refractivity contribution >= 4 is 79.6 Å². The van der Waals surface area contributed by atoms with E-state index in [0.717, 1.165) is 62.5 Å². The first-order valence-corrected chi connectivity index (χ1v) is 23.9. The van der Waals surface area contributed by atoms with Gasteiger partial charge in [-0.25, -0.2) is 39.3 Å². The number of aromatic nitrogens is 10. The molecule has 2 saturated carbocycles.